The summed E-state index contributed by atoms with van der Waals surface area (Å²) >= 11 is 5.83. The molecule has 2 rings (SSSR count). The number of benzene rings is 2. The summed E-state index contributed by atoms with van der Waals surface area (Å²) in [5.74, 6) is -0.253. The number of hydrogen-bond acceptors (Lipinski definition) is 4. The zero-order valence-electron chi connectivity index (χ0n) is 14.1. The van der Waals surface area contributed by atoms with E-state index in [0.29, 0.717) is 34.2 Å². The first-order valence-electron chi connectivity index (χ1n) is 7.70. The first kappa shape index (κ1) is 18.8. The fraction of sp³-hybridized carbons (Fsp3) is 0.222. The number of rotatable bonds is 6. The smallest absolute Gasteiger partial charge is 0.255 e. The van der Waals surface area contributed by atoms with Gasteiger partial charge in [0.15, 0.2) is 0 Å². The summed E-state index contributed by atoms with van der Waals surface area (Å²) in [4.78, 5) is 16.4. The van der Waals surface area contributed by atoms with Crippen LogP contribution in [0.4, 0.5) is 17.1 Å². The molecule has 1 amide bonds. The molecule has 0 aliphatic heterocycles. The average molecular weight is 361 g/mol. The minimum Gasteiger partial charge on any atom is -0.390 e. The maximum absolute atomic E-state index is 12.3. The zero-order valence-corrected chi connectivity index (χ0v) is 14.8. The third-order valence-electron chi connectivity index (χ3n) is 3.29. The Labute approximate surface area is 151 Å². The van der Waals surface area contributed by atoms with Crippen LogP contribution < -0.4 is 16.4 Å². The monoisotopic (exact) mass is 360 g/mol. The van der Waals surface area contributed by atoms with E-state index < -0.39 is 5.60 Å². The van der Waals surface area contributed by atoms with Gasteiger partial charge in [-0.25, -0.2) is 4.99 Å². The minimum absolute atomic E-state index is 0.253. The number of amides is 1. The van der Waals surface area contributed by atoms with Gasteiger partial charge < -0.3 is 21.5 Å². The topological polar surface area (TPSA) is 99.7 Å². The third-order valence-corrected chi connectivity index (χ3v) is 3.54. The van der Waals surface area contributed by atoms with E-state index in [1.165, 1.54) is 6.34 Å². The summed E-state index contributed by atoms with van der Waals surface area (Å²) in [6.07, 6.45) is 1.18. The summed E-state index contributed by atoms with van der Waals surface area (Å²) in [6.45, 7) is 3.75. The SMILES string of the molecule is CC(C)(O)CNc1ccc(NC(=O)c2ccc(Cl)cc2)cc1N=CN. The van der Waals surface area contributed by atoms with Crippen LogP contribution in [0.15, 0.2) is 47.5 Å². The quantitative estimate of drug-likeness (QED) is 0.468. The van der Waals surface area contributed by atoms with Gasteiger partial charge in [-0.3, -0.25) is 4.79 Å². The Balaban J connectivity index is 2.17. The van der Waals surface area contributed by atoms with E-state index in [0.717, 1.165) is 0 Å². The largest absolute Gasteiger partial charge is 0.390 e. The van der Waals surface area contributed by atoms with Gasteiger partial charge >= 0.3 is 0 Å². The van der Waals surface area contributed by atoms with E-state index in [1.54, 1.807) is 56.3 Å². The van der Waals surface area contributed by atoms with E-state index >= 15 is 0 Å². The molecule has 2 aromatic rings. The van der Waals surface area contributed by atoms with Gasteiger partial charge in [0, 0.05) is 22.8 Å². The summed E-state index contributed by atoms with van der Waals surface area (Å²) in [6, 6.07) is 11.8. The van der Waals surface area contributed by atoms with Crippen LogP contribution in [0, 0.1) is 0 Å². The number of carbonyl (C=O) groups is 1. The van der Waals surface area contributed by atoms with Gasteiger partial charge in [-0.15, -0.1) is 0 Å². The number of aliphatic imine (C=N–C) groups is 1. The molecule has 0 saturated heterocycles. The molecule has 0 spiro atoms. The molecule has 132 valence electrons. The van der Waals surface area contributed by atoms with Crippen molar-refractivity contribution < 1.29 is 9.90 Å². The van der Waals surface area contributed by atoms with Crippen LogP contribution in [0.2, 0.25) is 5.02 Å². The Kier molecular flexibility index (Phi) is 6.01. The van der Waals surface area contributed by atoms with Gasteiger partial charge in [-0.05, 0) is 56.3 Å². The van der Waals surface area contributed by atoms with Crippen molar-refractivity contribution in [3.63, 3.8) is 0 Å². The summed E-state index contributed by atoms with van der Waals surface area (Å²) in [5, 5.41) is 16.3. The van der Waals surface area contributed by atoms with Gasteiger partial charge in [0.05, 0.1) is 23.3 Å². The maximum atomic E-state index is 12.3. The lowest BCUT2D eigenvalue weighted by Crippen LogP contribution is -2.29. The Morgan fingerprint density at radius 1 is 1.28 bits per heavy atom. The molecule has 0 heterocycles. The molecule has 0 radical (unpaired) electrons. The van der Waals surface area contributed by atoms with Crippen molar-refractivity contribution in [2.75, 3.05) is 17.2 Å². The number of hydrogen-bond donors (Lipinski definition) is 4. The maximum Gasteiger partial charge on any atom is 0.255 e. The molecule has 5 N–H and O–H groups in total. The highest BCUT2D eigenvalue weighted by Gasteiger charge is 2.13. The molecule has 0 bridgehead atoms. The highest BCUT2D eigenvalue weighted by atomic mass is 35.5. The van der Waals surface area contributed by atoms with Crippen LogP contribution in [0.1, 0.15) is 24.2 Å². The summed E-state index contributed by atoms with van der Waals surface area (Å²) in [7, 11) is 0. The van der Waals surface area contributed by atoms with Gasteiger partial charge in [-0.1, -0.05) is 11.6 Å². The van der Waals surface area contributed by atoms with Crippen LogP contribution >= 0.6 is 11.6 Å². The van der Waals surface area contributed by atoms with E-state index in [1.807, 2.05) is 0 Å². The molecule has 6 nitrogen and oxygen atoms in total. The fourth-order valence-corrected chi connectivity index (χ4v) is 2.19. The van der Waals surface area contributed by atoms with Crippen LogP contribution in [-0.2, 0) is 0 Å². The second kappa shape index (κ2) is 8.00. The van der Waals surface area contributed by atoms with Gasteiger partial charge in [0.2, 0.25) is 0 Å². The van der Waals surface area contributed by atoms with Crippen LogP contribution in [0.5, 0.6) is 0 Å². The molecule has 7 heteroatoms. The predicted octanol–water partition coefficient (Wildman–Crippen LogP) is 3.39. The first-order chi connectivity index (χ1) is 11.8. The zero-order chi connectivity index (χ0) is 18.4. The Hall–Kier alpha value is -2.57. The minimum atomic E-state index is -0.870. The molecule has 0 unspecified atom stereocenters. The number of aliphatic hydroxyl groups is 1. The number of nitrogens with zero attached hydrogens (tertiary/aromatic N) is 1. The molecule has 0 aliphatic rings. The van der Waals surface area contributed by atoms with E-state index in [4.69, 9.17) is 17.3 Å². The lowest BCUT2D eigenvalue weighted by Gasteiger charge is -2.19. The summed E-state index contributed by atoms with van der Waals surface area (Å²) < 4.78 is 0. The second-order valence-corrected chi connectivity index (χ2v) is 6.57. The van der Waals surface area contributed by atoms with Gasteiger partial charge in [0.25, 0.3) is 5.91 Å². The molecule has 0 fully saturated rings. The molecule has 0 aromatic heterocycles. The van der Waals surface area contributed by atoms with Crippen molar-refractivity contribution in [3.05, 3.63) is 53.1 Å². The lowest BCUT2D eigenvalue weighted by molar-refractivity contribution is 0.0945. The van der Waals surface area contributed by atoms with Gasteiger partial charge in [-0.2, -0.15) is 0 Å². The number of nitrogens with two attached hydrogens (primary N) is 1. The van der Waals surface area contributed by atoms with Crippen LogP contribution in [0.3, 0.4) is 0 Å². The van der Waals surface area contributed by atoms with E-state index in [-0.39, 0.29) is 5.91 Å². The molecular formula is C18H21ClN4O2. The standard InChI is InChI=1S/C18H21ClN4O2/c1-18(2,25)10-21-15-8-7-14(9-16(15)22-11-20)23-17(24)12-3-5-13(19)6-4-12/h3-9,11,21,25H,10H2,1-2H3,(H2,20,22)(H,23,24). The number of anilines is 2. The predicted molar refractivity (Wildman–Crippen MR) is 103 cm³/mol. The van der Waals surface area contributed by atoms with Crippen molar-refractivity contribution in [2.24, 2.45) is 10.7 Å². The van der Waals surface area contributed by atoms with Crippen LogP contribution in [-0.4, -0.2) is 29.5 Å². The number of nitrogens with one attached hydrogen (secondary N) is 2. The van der Waals surface area contributed by atoms with E-state index in [2.05, 4.69) is 15.6 Å². The first-order valence-corrected chi connectivity index (χ1v) is 8.08. The van der Waals surface area contributed by atoms with Crippen molar-refractivity contribution >= 4 is 40.9 Å². The molecular weight excluding hydrogens is 340 g/mol. The Bertz CT molecular complexity index is 768. The number of halogens is 1. The lowest BCUT2D eigenvalue weighted by atomic mass is 10.1. The Morgan fingerprint density at radius 2 is 1.96 bits per heavy atom. The highest BCUT2D eigenvalue weighted by Crippen LogP contribution is 2.29. The fourth-order valence-electron chi connectivity index (χ4n) is 2.06. The normalized spacial score (nSPS) is 11.5. The van der Waals surface area contributed by atoms with Crippen molar-refractivity contribution in [1.82, 2.24) is 0 Å². The van der Waals surface area contributed by atoms with E-state index in [9.17, 15) is 9.90 Å². The molecule has 0 aliphatic carbocycles. The van der Waals surface area contributed by atoms with Gasteiger partial charge in [0.1, 0.15) is 0 Å². The summed E-state index contributed by atoms with van der Waals surface area (Å²) in [5.41, 5.74) is 6.86. The average Bonchev–Trinajstić information content (AvgIpc) is 2.54. The molecule has 2 aromatic carbocycles. The molecule has 0 atom stereocenters. The Morgan fingerprint density at radius 3 is 2.56 bits per heavy atom. The second-order valence-electron chi connectivity index (χ2n) is 6.14. The van der Waals surface area contributed by atoms with Crippen LogP contribution in [0.25, 0.3) is 0 Å². The van der Waals surface area contributed by atoms with Crippen molar-refractivity contribution in [3.8, 4) is 0 Å². The molecule has 0 saturated carbocycles. The highest BCUT2D eigenvalue weighted by molar-refractivity contribution is 6.30. The molecule has 25 heavy (non-hydrogen) atoms. The van der Waals surface area contributed by atoms with Crippen molar-refractivity contribution in [1.29, 1.82) is 0 Å². The van der Waals surface area contributed by atoms with Crippen molar-refractivity contribution in [2.45, 2.75) is 19.4 Å². The number of carbonyl (C=O) groups excluding carboxylic acids is 1. The third kappa shape index (κ3) is 5.77.